The van der Waals surface area contributed by atoms with E-state index in [0.29, 0.717) is 32.1 Å². The third kappa shape index (κ3) is 6.31. The molecule has 0 fully saturated rings. The number of anilines is 1. The molecule has 0 spiro atoms. The normalized spacial score (nSPS) is 11.0. The molecule has 1 N–H and O–H groups in total. The molecule has 156 valence electrons. The fraction of sp³-hybridized carbons (Fsp3) is 0.0435. The minimum absolute atomic E-state index is 0.105. The molecule has 3 rings (SSSR count). The minimum Gasteiger partial charge on any atom is -0.486 e. The largest absolute Gasteiger partial charge is 0.486 e. The maximum atomic E-state index is 13.3. The zero-order chi connectivity index (χ0) is 22.4. The molecule has 0 bridgehead atoms. The second kappa shape index (κ2) is 10.5. The fourth-order valence-electron chi connectivity index (χ4n) is 2.63. The van der Waals surface area contributed by atoms with E-state index in [0.717, 1.165) is 0 Å². The van der Waals surface area contributed by atoms with Crippen molar-refractivity contribution in [2.24, 2.45) is 0 Å². The molecule has 0 aromatic heterocycles. The monoisotopic (exact) mass is 518 g/mol. The Labute approximate surface area is 197 Å². The van der Waals surface area contributed by atoms with Crippen molar-refractivity contribution in [2.75, 3.05) is 5.32 Å². The van der Waals surface area contributed by atoms with Crippen molar-refractivity contribution in [3.05, 3.63) is 97.7 Å². The van der Waals surface area contributed by atoms with Gasteiger partial charge in [-0.05, 0) is 81.7 Å². The number of carbonyl (C=O) groups is 1. The van der Waals surface area contributed by atoms with Gasteiger partial charge >= 0.3 is 0 Å². The number of hydrogen-bond acceptors (Lipinski definition) is 3. The van der Waals surface area contributed by atoms with Crippen LogP contribution in [-0.2, 0) is 11.4 Å². The zero-order valence-corrected chi connectivity index (χ0v) is 18.9. The second-order valence-electron chi connectivity index (χ2n) is 6.36. The smallest absolute Gasteiger partial charge is 0.266 e. The third-order valence-electron chi connectivity index (χ3n) is 4.07. The van der Waals surface area contributed by atoms with Crippen molar-refractivity contribution in [1.29, 1.82) is 5.26 Å². The Hall–Kier alpha value is -2.85. The van der Waals surface area contributed by atoms with Gasteiger partial charge in [-0.15, -0.1) is 0 Å². The summed E-state index contributed by atoms with van der Waals surface area (Å²) < 4.78 is 19.6. The molecule has 0 aliphatic rings. The van der Waals surface area contributed by atoms with Gasteiger partial charge in [0.25, 0.3) is 5.91 Å². The number of halogens is 4. The van der Waals surface area contributed by atoms with E-state index in [9.17, 15) is 14.4 Å². The Kier molecular flexibility index (Phi) is 7.69. The molecule has 0 saturated carbocycles. The van der Waals surface area contributed by atoms with Gasteiger partial charge in [-0.25, -0.2) is 4.39 Å². The van der Waals surface area contributed by atoms with Crippen LogP contribution in [0.5, 0.6) is 5.75 Å². The topological polar surface area (TPSA) is 62.1 Å². The van der Waals surface area contributed by atoms with Gasteiger partial charge in [0.2, 0.25) is 0 Å². The van der Waals surface area contributed by atoms with Gasteiger partial charge in [-0.2, -0.15) is 5.26 Å². The zero-order valence-electron chi connectivity index (χ0n) is 15.8. The van der Waals surface area contributed by atoms with Gasteiger partial charge in [0, 0.05) is 10.7 Å². The molecule has 0 unspecified atom stereocenters. The number of hydrogen-bond donors (Lipinski definition) is 1. The average molecular weight is 520 g/mol. The third-order valence-corrected chi connectivity index (χ3v) is 5.19. The number of benzene rings is 3. The first-order chi connectivity index (χ1) is 14.9. The van der Waals surface area contributed by atoms with E-state index in [1.807, 2.05) is 6.07 Å². The van der Waals surface area contributed by atoms with E-state index in [-0.39, 0.29) is 23.0 Å². The standard InChI is InChI=1S/C23H14BrCl2FN2O2/c24-20-10-15(8-16(12-28)23(30)29-19-6-4-17(25)5-7-19)11-21(26)22(20)31-13-14-2-1-3-18(27)9-14/h1-11H,13H2,(H,29,30)/b16-8-. The minimum atomic E-state index is -0.566. The van der Waals surface area contributed by atoms with Crippen molar-refractivity contribution >= 4 is 56.8 Å². The summed E-state index contributed by atoms with van der Waals surface area (Å²) in [7, 11) is 0. The SMILES string of the molecule is N#C/C(=C/c1cc(Cl)c(OCc2cccc(F)c2)c(Br)c1)C(=O)Nc1ccc(Cl)cc1. The molecule has 31 heavy (non-hydrogen) atoms. The molecule has 0 atom stereocenters. The maximum absolute atomic E-state index is 13.3. The molecule has 1 amide bonds. The van der Waals surface area contributed by atoms with E-state index in [2.05, 4.69) is 21.2 Å². The summed E-state index contributed by atoms with van der Waals surface area (Å²) in [6.07, 6.45) is 1.41. The molecular weight excluding hydrogens is 506 g/mol. The van der Waals surface area contributed by atoms with E-state index in [1.54, 1.807) is 48.5 Å². The van der Waals surface area contributed by atoms with Crippen LogP contribution >= 0.6 is 39.1 Å². The highest BCUT2D eigenvalue weighted by Crippen LogP contribution is 2.35. The van der Waals surface area contributed by atoms with E-state index in [1.165, 1.54) is 18.2 Å². The van der Waals surface area contributed by atoms with Crippen molar-refractivity contribution in [1.82, 2.24) is 0 Å². The van der Waals surface area contributed by atoms with Crippen LogP contribution in [0.25, 0.3) is 6.08 Å². The van der Waals surface area contributed by atoms with Crippen molar-refractivity contribution in [3.8, 4) is 11.8 Å². The first-order valence-electron chi connectivity index (χ1n) is 8.90. The lowest BCUT2D eigenvalue weighted by Crippen LogP contribution is -2.13. The molecule has 8 heteroatoms. The second-order valence-corrected chi connectivity index (χ2v) is 8.06. The number of ether oxygens (including phenoxy) is 1. The number of carbonyl (C=O) groups excluding carboxylic acids is 1. The number of nitriles is 1. The summed E-state index contributed by atoms with van der Waals surface area (Å²) in [5.74, 6) is -0.552. The van der Waals surface area contributed by atoms with Gasteiger partial charge in [0.1, 0.15) is 24.1 Å². The Morgan fingerprint density at radius 1 is 1.16 bits per heavy atom. The van der Waals surface area contributed by atoms with Crippen LogP contribution in [0, 0.1) is 17.1 Å². The Morgan fingerprint density at radius 3 is 2.55 bits per heavy atom. The van der Waals surface area contributed by atoms with Crippen molar-refractivity contribution in [3.63, 3.8) is 0 Å². The van der Waals surface area contributed by atoms with Crippen molar-refractivity contribution in [2.45, 2.75) is 6.61 Å². The lowest BCUT2D eigenvalue weighted by atomic mass is 10.1. The van der Waals surface area contributed by atoms with Gasteiger partial charge in [-0.3, -0.25) is 4.79 Å². The molecular formula is C23H14BrCl2FN2O2. The van der Waals surface area contributed by atoms with E-state index in [4.69, 9.17) is 27.9 Å². The fourth-order valence-corrected chi connectivity index (χ4v) is 3.74. The predicted octanol–water partition coefficient (Wildman–Crippen LogP) is 7.02. The van der Waals surface area contributed by atoms with Crippen LogP contribution in [0.3, 0.4) is 0 Å². The van der Waals surface area contributed by atoms with Crippen LogP contribution < -0.4 is 10.1 Å². The highest BCUT2D eigenvalue weighted by atomic mass is 79.9. The van der Waals surface area contributed by atoms with Gasteiger partial charge in [0.15, 0.2) is 5.75 Å². The summed E-state index contributed by atoms with van der Waals surface area (Å²) in [5, 5.41) is 12.8. The molecule has 0 aliphatic carbocycles. The maximum Gasteiger partial charge on any atom is 0.266 e. The van der Waals surface area contributed by atoms with Crippen LogP contribution in [0.4, 0.5) is 10.1 Å². The van der Waals surface area contributed by atoms with E-state index < -0.39 is 5.91 Å². The lowest BCUT2D eigenvalue weighted by Gasteiger charge is -2.11. The van der Waals surface area contributed by atoms with Crippen LogP contribution in [-0.4, -0.2) is 5.91 Å². The highest BCUT2D eigenvalue weighted by Gasteiger charge is 2.13. The Balaban J connectivity index is 1.76. The molecule has 3 aromatic carbocycles. The quantitative estimate of drug-likeness (QED) is 0.281. The molecule has 3 aromatic rings. The number of nitrogens with zero attached hydrogens (tertiary/aromatic N) is 1. The van der Waals surface area contributed by atoms with Crippen LogP contribution in [0.2, 0.25) is 10.0 Å². The molecule has 0 aliphatic heterocycles. The van der Waals surface area contributed by atoms with Gasteiger partial charge in [-0.1, -0.05) is 35.3 Å². The first kappa shape index (κ1) is 22.8. The average Bonchev–Trinajstić information content (AvgIpc) is 2.73. The van der Waals surface area contributed by atoms with Crippen molar-refractivity contribution < 1.29 is 13.9 Å². The number of rotatable bonds is 6. The lowest BCUT2D eigenvalue weighted by molar-refractivity contribution is -0.112. The summed E-state index contributed by atoms with van der Waals surface area (Å²) in [4.78, 5) is 12.4. The van der Waals surface area contributed by atoms with Gasteiger partial charge in [0.05, 0.1) is 9.50 Å². The van der Waals surface area contributed by atoms with Crippen LogP contribution in [0.1, 0.15) is 11.1 Å². The van der Waals surface area contributed by atoms with E-state index >= 15 is 0 Å². The molecule has 0 saturated heterocycles. The van der Waals surface area contributed by atoms with Gasteiger partial charge < -0.3 is 10.1 Å². The highest BCUT2D eigenvalue weighted by molar-refractivity contribution is 9.10. The first-order valence-corrected chi connectivity index (χ1v) is 10.5. The number of nitrogens with one attached hydrogen (secondary N) is 1. The molecule has 0 heterocycles. The predicted molar refractivity (Wildman–Crippen MR) is 124 cm³/mol. The Morgan fingerprint density at radius 2 is 1.90 bits per heavy atom. The molecule has 4 nitrogen and oxygen atoms in total. The summed E-state index contributed by atoms with van der Waals surface area (Å²) in [6, 6.07) is 17.7. The molecule has 0 radical (unpaired) electrons. The summed E-state index contributed by atoms with van der Waals surface area (Å²) >= 11 is 15.5. The number of amides is 1. The Bertz CT molecular complexity index is 1170. The summed E-state index contributed by atoms with van der Waals surface area (Å²) in [6.45, 7) is 0.123. The summed E-state index contributed by atoms with van der Waals surface area (Å²) in [5.41, 5.74) is 1.58. The van der Waals surface area contributed by atoms with Crippen LogP contribution in [0.15, 0.2) is 70.7 Å².